The Morgan fingerprint density at radius 2 is 2.31 bits per heavy atom. The fraction of sp³-hybridized carbons (Fsp3) is 0.750. The lowest BCUT2D eigenvalue weighted by atomic mass is 10.0. The largest absolute Gasteiger partial charge is 0.381 e. The van der Waals surface area contributed by atoms with Crippen molar-refractivity contribution in [2.75, 3.05) is 26.3 Å². The molecular weight excluding hydrogens is 202 g/mol. The number of rotatable bonds is 5. The Labute approximate surface area is 97.0 Å². The smallest absolute Gasteiger partial charge is 0.105 e. The molecule has 0 aromatic carbocycles. The summed E-state index contributed by atoms with van der Waals surface area (Å²) in [4.78, 5) is 4.20. The van der Waals surface area contributed by atoms with Crippen molar-refractivity contribution in [3.8, 4) is 0 Å². The van der Waals surface area contributed by atoms with E-state index in [-0.39, 0.29) is 0 Å². The fourth-order valence-electron chi connectivity index (χ4n) is 2.10. The number of aryl methyl sites for hydroxylation is 1. The Hall–Kier alpha value is -0.870. The minimum atomic E-state index is 0.803. The van der Waals surface area contributed by atoms with Crippen LogP contribution >= 0.6 is 0 Å². The first-order valence-corrected chi connectivity index (χ1v) is 6.12. The van der Waals surface area contributed by atoms with Crippen molar-refractivity contribution in [3.05, 3.63) is 18.2 Å². The zero-order chi connectivity index (χ0) is 11.2. The van der Waals surface area contributed by atoms with Gasteiger partial charge in [-0.25, -0.2) is 4.98 Å². The summed E-state index contributed by atoms with van der Waals surface area (Å²) in [6.07, 6.45) is 6.30. The monoisotopic (exact) mass is 223 g/mol. The molecule has 0 unspecified atom stereocenters. The van der Waals surface area contributed by atoms with Gasteiger partial charge < -0.3 is 14.6 Å². The lowest BCUT2D eigenvalue weighted by molar-refractivity contribution is 0.0663. The van der Waals surface area contributed by atoms with E-state index in [2.05, 4.69) is 14.9 Å². The number of hydrogen-bond acceptors (Lipinski definition) is 3. The molecule has 0 spiro atoms. The maximum atomic E-state index is 5.34. The summed E-state index contributed by atoms with van der Waals surface area (Å²) >= 11 is 0. The lowest BCUT2D eigenvalue weighted by Gasteiger charge is -2.22. The van der Waals surface area contributed by atoms with Crippen molar-refractivity contribution < 1.29 is 4.74 Å². The quantitative estimate of drug-likeness (QED) is 0.763. The standard InChI is InChI=1S/C12H21N3O/c1-11-14-5-7-15(11)6-4-13-10-12-2-8-16-9-3-12/h5,7,12-13H,2-4,6,8-10H2,1H3. The normalized spacial score (nSPS) is 17.8. The second-order valence-electron chi connectivity index (χ2n) is 4.43. The minimum Gasteiger partial charge on any atom is -0.381 e. The van der Waals surface area contributed by atoms with E-state index in [1.54, 1.807) is 0 Å². The second kappa shape index (κ2) is 6.01. The molecule has 2 heterocycles. The molecule has 1 saturated heterocycles. The van der Waals surface area contributed by atoms with E-state index in [0.29, 0.717) is 0 Å². The van der Waals surface area contributed by atoms with E-state index in [1.165, 1.54) is 12.8 Å². The molecule has 0 bridgehead atoms. The zero-order valence-electron chi connectivity index (χ0n) is 9.98. The van der Waals surface area contributed by atoms with E-state index in [4.69, 9.17) is 4.74 Å². The number of hydrogen-bond donors (Lipinski definition) is 1. The molecule has 0 aliphatic carbocycles. The van der Waals surface area contributed by atoms with E-state index in [0.717, 1.165) is 44.6 Å². The van der Waals surface area contributed by atoms with Crippen LogP contribution in [0.15, 0.2) is 12.4 Å². The number of aromatic nitrogens is 2. The van der Waals surface area contributed by atoms with Crippen LogP contribution in [0.25, 0.3) is 0 Å². The van der Waals surface area contributed by atoms with Crippen LogP contribution in [0.3, 0.4) is 0 Å². The highest BCUT2D eigenvalue weighted by molar-refractivity contribution is 4.88. The minimum absolute atomic E-state index is 0.803. The van der Waals surface area contributed by atoms with Crippen LogP contribution in [-0.2, 0) is 11.3 Å². The summed E-state index contributed by atoms with van der Waals surface area (Å²) in [6, 6.07) is 0. The summed E-state index contributed by atoms with van der Waals surface area (Å²) < 4.78 is 7.52. The highest BCUT2D eigenvalue weighted by atomic mass is 16.5. The summed E-state index contributed by atoms with van der Waals surface area (Å²) in [7, 11) is 0. The Bertz CT molecular complexity index is 305. The van der Waals surface area contributed by atoms with Crippen LogP contribution < -0.4 is 5.32 Å². The third-order valence-electron chi connectivity index (χ3n) is 3.23. The predicted molar refractivity (Wildman–Crippen MR) is 63.4 cm³/mol. The average Bonchev–Trinajstić information content (AvgIpc) is 2.72. The van der Waals surface area contributed by atoms with E-state index >= 15 is 0 Å². The molecule has 1 fully saturated rings. The third kappa shape index (κ3) is 3.32. The van der Waals surface area contributed by atoms with Crippen molar-refractivity contribution in [2.45, 2.75) is 26.3 Å². The zero-order valence-corrected chi connectivity index (χ0v) is 9.98. The van der Waals surface area contributed by atoms with Gasteiger partial charge in [-0.15, -0.1) is 0 Å². The molecule has 4 nitrogen and oxygen atoms in total. The Morgan fingerprint density at radius 3 is 3.00 bits per heavy atom. The molecule has 1 aliphatic rings. The van der Waals surface area contributed by atoms with Gasteiger partial charge in [0.1, 0.15) is 5.82 Å². The molecule has 1 aromatic heterocycles. The van der Waals surface area contributed by atoms with Crippen molar-refractivity contribution in [2.24, 2.45) is 5.92 Å². The second-order valence-corrected chi connectivity index (χ2v) is 4.43. The van der Waals surface area contributed by atoms with Gasteiger partial charge >= 0.3 is 0 Å². The molecule has 1 aromatic rings. The van der Waals surface area contributed by atoms with Gasteiger partial charge in [0, 0.05) is 38.7 Å². The van der Waals surface area contributed by atoms with Crippen LogP contribution in [0.5, 0.6) is 0 Å². The third-order valence-corrected chi connectivity index (χ3v) is 3.23. The first kappa shape index (κ1) is 11.6. The van der Waals surface area contributed by atoms with Gasteiger partial charge in [-0.1, -0.05) is 0 Å². The average molecular weight is 223 g/mol. The van der Waals surface area contributed by atoms with Gasteiger partial charge in [0.05, 0.1) is 0 Å². The van der Waals surface area contributed by atoms with Crippen LogP contribution in [0, 0.1) is 12.8 Å². The molecule has 0 saturated carbocycles. The van der Waals surface area contributed by atoms with E-state index < -0.39 is 0 Å². The van der Waals surface area contributed by atoms with Crippen molar-refractivity contribution >= 4 is 0 Å². The van der Waals surface area contributed by atoms with Gasteiger partial charge in [0.2, 0.25) is 0 Å². The summed E-state index contributed by atoms with van der Waals surface area (Å²) in [5, 5.41) is 3.52. The van der Waals surface area contributed by atoms with Gasteiger partial charge in [-0.3, -0.25) is 0 Å². The molecule has 90 valence electrons. The predicted octanol–water partition coefficient (Wildman–Crippen LogP) is 1.21. The summed E-state index contributed by atoms with van der Waals surface area (Å²) in [5.74, 6) is 1.89. The van der Waals surface area contributed by atoms with Crippen LogP contribution in [0.2, 0.25) is 0 Å². The molecule has 0 amide bonds. The number of ether oxygens (including phenoxy) is 1. The summed E-state index contributed by atoms with van der Waals surface area (Å²) in [5.41, 5.74) is 0. The first-order valence-electron chi connectivity index (χ1n) is 6.12. The molecule has 1 aliphatic heterocycles. The number of nitrogens with one attached hydrogen (secondary N) is 1. The molecule has 1 N–H and O–H groups in total. The van der Waals surface area contributed by atoms with E-state index in [9.17, 15) is 0 Å². The molecule has 0 atom stereocenters. The Kier molecular flexibility index (Phi) is 4.36. The highest BCUT2D eigenvalue weighted by Crippen LogP contribution is 2.12. The lowest BCUT2D eigenvalue weighted by Crippen LogP contribution is -2.29. The van der Waals surface area contributed by atoms with Gasteiger partial charge in [-0.05, 0) is 32.2 Å². The molecule has 16 heavy (non-hydrogen) atoms. The van der Waals surface area contributed by atoms with Crippen molar-refractivity contribution in [3.63, 3.8) is 0 Å². The van der Waals surface area contributed by atoms with Crippen molar-refractivity contribution in [1.29, 1.82) is 0 Å². The summed E-state index contributed by atoms with van der Waals surface area (Å²) in [6.45, 7) is 7.07. The Morgan fingerprint density at radius 1 is 1.50 bits per heavy atom. The SMILES string of the molecule is Cc1nccn1CCNCC1CCOCC1. The number of imidazole rings is 1. The van der Waals surface area contributed by atoms with Gasteiger partial charge in [0.25, 0.3) is 0 Å². The molecule has 4 heteroatoms. The highest BCUT2D eigenvalue weighted by Gasteiger charge is 2.12. The number of nitrogens with zero attached hydrogens (tertiary/aromatic N) is 2. The van der Waals surface area contributed by atoms with Gasteiger partial charge in [-0.2, -0.15) is 0 Å². The Balaban J connectivity index is 1.59. The molecule has 2 rings (SSSR count). The molecular formula is C12H21N3O. The van der Waals surface area contributed by atoms with Gasteiger partial charge in [0.15, 0.2) is 0 Å². The van der Waals surface area contributed by atoms with Crippen LogP contribution in [-0.4, -0.2) is 35.9 Å². The van der Waals surface area contributed by atoms with Crippen LogP contribution in [0.1, 0.15) is 18.7 Å². The topological polar surface area (TPSA) is 39.1 Å². The maximum absolute atomic E-state index is 5.34. The molecule has 0 radical (unpaired) electrons. The maximum Gasteiger partial charge on any atom is 0.105 e. The van der Waals surface area contributed by atoms with Crippen molar-refractivity contribution in [1.82, 2.24) is 14.9 Å². The van der Waals surface area contributed by atoms with E-state index in [1.807, 2.05) is 19.3 Å². The first-order chi connectivity index (χ1) is 7.86. The fourth-order valence-corrected chi connectivity index (χ4v) is 2.10. The van der Waals surface area contributed by atoms with Crippen LogP contribution in [0.4, 0.5) is 0 Å².